The van der Waals surface area contributed by atoms with Crippen molar-refractivity contribution in [2.75, 3.05) is 35.7 Å². The molecule has 0 radical (unpaired) electrons. The highest BCUT2D eigenvalue weighted by molar-refractivity contribution is 7.97. The summed E-state index contributed by atoms with van der Waals surface area (Å²) in [5.41, 5.74) is 15.2. The number of aromatic nitrogens is 4. The summed E-state index contributed by atoms with van der Waals surface area (Å²) in [6, 6.07) is 0. The number of carbonyl (C=O) groups excluding carboxylic acids is 1. The lowest BCUT2D eigenvalue weighted by Crippen LogP contribution is -2.37. The minimum Gasteiger partial charge on any atom is -0.449 e. The number of imidazole rings is 1. The van der Waals surface area contributed by atoms with Crippen molar-refractivity contribution in [1.82, 2.24) is 19.5 Å². The molecule has 2 unspecified atom stereocenters. The van der Waals surface area contributed by atoms with Crippen molar-refractivity contribution in [2.24, 2.45) is 10.8 Å². The smallest absolute Gasteiger partial charge is 0.294 e. The maximum Gasteiger partial charge on any atom is 0.294 e. The van der Waals surface area contributed by atoms with Crippen molar-refractivity contribution in [3.63, 3.8) is 0 Å². The molecule has 1 saturated heterocycles. The zero-order valence-electron chi connectivity index (χ0n) is 21.2. The number of aliphatic hydroxyl groups excluding tert-OH is 2. The van der Waals surface area contributed by atoms with E-state index in [4.69, 9.17) is 20.7 Å². The molecule has 38 heavy (non-hydrogen) atoms. The van der Waals surface area contributed by atoms with Gasteiger partial charge in [-0.15, -0.1) is 0 Å². The molecule has 0 aliphatic carbocycles. The number of azide groups is 1. The number of nitrogens with one attached hydrogen (secondary N) is 1. The number of carbonyl (C=O) groups is 1. The summed E-state index contributed by atoms with van der Waals surface area (Å²) in [6.07, 6.45) is 0.928. The summed E-state index contributed by atoms with van der Waals surface area (Å²) in [7, 11) is -0.367. The Bertz CT molecular complexity index is 1150. The van der Waals surface area contributed by atoms with Gasteiger partial charge in [-0.25, -0.2) is 15.0 Å². The van der Waals surface area contributed by atoms with Crippen LogP contribution in [-0.4, -0.2) is 91.1 Å². The predicted octanol–water partition coefficient (Wildman–Crippen LogP) is 0.828. The topological polar surface area (TPSA) is 206 Å². The van der Waals surface area contributed by atoms with Gasteiger partial charge < -0.3 is 25.0 Å². The standard InChI is InChI=1S/C23H34N9O5S/c1-2-8-26-21-18-22(28-13-27-21)32(14-29-18)23-20(35)19(34)16(37-23)12-38(11-7-17(24)36-15-33)10-6-4-3-5-9-30-31-25/h13-17,19-20,23,34-35H,2-3,5,7-12,24H2,1H3,(H,26,27,28)/q+1/t16-,17-,19?,20+,23-,38?/m1/s1. The first-order chi connectivity index (χ1) is 18.5. The highest BCUT2D eigenvalue weighted by Crippen LogP contribution is 2.33. The van der Waals surface area contributed by atoms with Crippen LogP contribution in [0, 0.1) is 11.8 Å². The molecule has 1 fully saturated rings. The van der Waals surface area contributed by atoms with Crippen LogP contribution < -0.4 is 11.1 Å². The van der Waals surface area contributed by atoms with Gasteiger partial charge in [-0.05, 0) is 24.3 Å². The van der Waals surface area contributed by atoms with E-state index >= 15 is 0 Å². The lowest BCUT2D eigenvalue weighted by molar-refractivity contribution is -0.133. The normalized spacial score (nSPS) is 22.2. The first kappa shape index (κ1) is 29.4. The fourth-order valence-corrected chi connectivity index (χ4v) is 5.94. The first-order valence-corrected chi connectivity index (χ1v) is 14.1. The van der Waals surface area contributed by atoms with Gasteiger partial charge in [-0.1, -0.05) is 18.0 Å². The van der Waals surface area contributed by atoms with Crippen molar-refractivity contribution in [2.45, 2.75) is 63.4 Å². The lowest BCUT2D eigenvalue weighted by atomic mass is 10.1. The van der Waals surface area contributed by atoms with E-state index < -0.39 is 30.8 Å². The van der Waals surface area contributed by atoms with E-state index in [2.05, 4.69) is 42.1 Å². The summed E-state index contributed by atoms with van der Waals surface area (Å²) in [5, 5.41) is 28.4. The zero-order valence-corrected chi connectivity index (χ0v) is 22.0. The third-order valence-electron chi connectivity index (χ3n) is 5.86. The fraction of sp³-hybridized carbons (Fsp3) is 0.652. The van der Waals surface area contributed by atoms with Gasteiger partial charge in [0.2, 0.25) is 0 Å². The number of ether oxygens (including phenoxy) is 2. The molecule has 0 bridgehead atoms. The van der Waals surface area contributed by atoms with Crippen molar-refractivity contribution in [3.8, 4) is 11.8 Å². The molecule has 3 rings (SSSR count). The summed E-state index contributed by atoms with van der Waals surface area (Å²) >= 11 is 0. The van der Waals surface area contributed by atoms with Gasteiger partial charge in [0.1, 0.15) is 36.1 Å². The highest BCUT2D eigenvalue weighted by atomic mass is 32.2. The molecule has 0 spiro atoms. The summed E-state index contributed by atoms with van der Waals surface area (Å²) in [5.74, 6) is 8.36. The molecule has 3 heterocycles. The Morgan fingerprint density at radius 1 is 1.39 bits per heavy atom. The predicted molar refractivity (Wildman–Crippen MR) is 143 cm³/mol. The Morgan fingerprint density at radius 2 is 2.24 bits per heavy atom. The molecule has 2 aromatic rings. The molecule has 14 nitrogen and oxygen atoms in total. The molecule has 0 amide bonds. The summed E-state index contributed by atoms with van der Waals surface area (Å²) in [4.78, 5) is 26.3. The monoisotopic (exact) mass is 548 g/mol. The molecule has 1 aliphatic heterocycles. The number of anilines is 1. The largest absolute Gasteiger partial charge is 0.449 e. The summed E-state index contributed by atoms with van der Waals surface area (Å²) in [6.45, 7) is 3.48. The second-order valence-electron chi connectivity index (χ2n) is 8.62. The number of nitrogens with zero attached hydrogens (tertiary/aromatic N) is 7. The van der Waals surface area contributed by atoms with Crippen molar-refractivity contribution in [1.29, 1.82) is 0 Å². The second-order valence-corrected chi connectivity index (χ2v) is 10.9. The Hall–Kier alpha value is -3.12. The number of unbranched alkanes of at least 4 members (excludes halogenated alkanes) is 1. The van der Waals surface area contributed by atoms with E-state index in [0.29, 0.717) is 66.5 Å². The van der Waals surface area contributed by atoms with Crippen molar-refractivity contribution in [3.05, 3.63) is 23.1 Å². The maximum absolute atomic E-state index is 10.9. The van der Waals surface area contributed by atoms with E-state index in [1.54, 1.807) is 4.57 Å². The number of hydrogen-bond donors (Lipinski definition) is 4. The van der Waals surface area contributed by atoms with Gasteiger partial charge >= 0.3 is 0 Å². The third-order valence-corrected chi connectivity index (χ3v) is 8.02. The van der Waals surface area contributed by atoms with Crippen molar-refractivity contribution >= 4 is 34.3 Å². The van der Waals surface area contributed by atoms with Crippen LogP contribution in [0.3, 0.4) is 0 Å². The average molecular weight is 549 g/mol. The average Bonchev–Trinajstić information content (AvgIpc) is 3.46. The van der Waals surface area contributed by atoms with Crippen LogP contribution in [0.4, 0.5) is 5.82 Å². The maximum atomic E-state index is 10.9. The molecule has 1 aliphatic rings. The molecule has 15 heteroatoms. The van der Waals surface area contributed by atoms with Crippen LogP contribution in [0.2, 0.25) is 0 Å². The van der Waals surface area contributed by atoms with E-state index in [-0.39, 0.29) is 10.9 Å². The molecule has 6 atom stereocenters. The van der Waals surface area contributed by atoms with Gasteiger partial charge in [0, 0.05) is 41.7 Å². The first-order valence-electron chi connectivity index (χ1n) is 12.4. The molecule has 0 saturated carbocycles. The van der Waals surface area contributed by atoms with Crippen molar-refractivity contribution < 1.29 is 24.5 Å². The van der Waals surface area contributed by atoms with E-state index in [1.165, 1.54) is 12.7 Å². The molecule has 5 N–H and O–H groups in total. The Balaban J connectivity index is 1.70. The van der Waals surface area contributed by atoms with Gasteiger partial charge in [0.25, 0.3) is 6.47 Å². The van der Waals surface area contributed by atoms with Crippen LogP contribution in [-0.2, 0) is 25.2 Å². The van der Waals surface area contributed by atoms with Gasteiger partial charge in [-0.2, -0.15) is 0 Å². The summed E-state index contributed by atoms with van der Waals surface area (Å²) < 4.78 is 12.6. The molecule has 0 aromatic carbocycles. The van der Waals surface area contributed by atoms with E-state index in [1.807, 2.05) is 6.92 Å². The molecule has 206 valence electrons. The van der Waals surface area contributed by atoms with Gasteiger partial charge in [0.15, 0.2) is 35.2 Å². The van der Waals surface area contributed by atoms with Crippen LogP contribution in [0.25, 0.3) is 21.6 Å². The molecular formula is C23H34N9O5S+. The quantitative estimate of drug-likeness (QED) is 0.0360. The lowest BCUT2D eigenvalue weighted by Gasteiger charge is -2.17. The van der Waals surface area contributed by atoms with Gasteiger partial charge in [0.05, 0.1) is 6.33 Å². The number of aliphatic hydroxyl groups is 2. The molecular weight excluding hydrogens is 514 g/mol. The van der Waals surface area contributed by atoms with E-state index in [0.717, 1.165) is 13.0 Å². The number of hydrogen-bond acceptors (Lipinski definition) is 11. The minimum atomic E-state index is -1.20. The van der Waals surface area contributed by atoms with Crippen LogP contribution in [0.15, 0.2) is 17.8 Å². The Labute approximate surface area is 223 Å². The SMILES string of the molecule is CCCNc1ncnc2c1ncn2[C@@H]1O[C@H](C[S+](CC#CCCCN=[N+]=[N-])CC[C@H](N)OC=O)C(O)[C@@H]1O. The Kier molecular flexibility index (Phi) is 11.9. The highest BCUT2D eigenvalue weighted by Gasteiger charge is 2.47. The number of rotatable bonds is 15. The number of nitrogens with two attached hydrogens (primary N) is 1. The van der Waals surface area contributed by atoms with Crippen LogP contribution >= 0.6 is 0 Å². The van der Waals surface area contributed by atoms with E-state index in [9.17, 15) is 15.0 Å². The third kappa shape index (κ3) is 7.94. The number of fused-ring (bicyclic) bond motifs is 1. The zero-order chi connectivity index (χ0) is 27.3. The van der Waals surface area contributed by atoms with Crippen LogP contribution in [0.5, 0.6) is 0 Å². The minimum absolute atomic E-state index is 0.319. The van der Waals surface area contributed by atoms with Gasteiger partial charge in [-0.3, -0.25) is 15.1 Å². The van der Waals surface area contributed by atoms with Crippen LogP contribution in [0.1, 0.15) is 38.8 Å². The molecule has 2 aromatic heterocycles. The fourth-order valence-electron chi connectivity index (χ4n) is 3.90. The Morgan fingerprint density at radius 3 is 3.00 bits per heavy atom. The second kappa shape index (κ2) is 15.3.